The third kappa shape index (κ3) is 5.89. The van der Waals surface area contributed by atoms with E-state index in [4.69, 9.17) is 0 Å². The van der Waals surface area contributed by atoms with Crippen LogP contribution in [-0.2, 0) is 5.41 Å². The van der Waals surface area contributed by atoms with Crippen molar-refractivity contribution in [1.82, 2.24) is 0 Å². The Hall–Kier alpha value is -4.62. The molecule has 0 bridgehead atoms. The lowest BCUT2D eigenvalue weighted by molar-refractivity contribution is 0.346. The zero-order valence-electron chi connectivity index (χ0n) is 27.5. The molecule has 2 aliphatic carbocycles. The van der Waals surface area contributed by atoms with E-state index >= 15 is 0 Å². The maximum absolute atomic E-state index is 2.44. The number of anilines is 3. The second-order valence-corrected chi connectivity index (χ2v) is 13.9. The van der Waals surface area contributed by atoms with Crippen LogP contribution < -0.4 is 4.90 Å². The first kappa shape index (κ1) is 29.8. The Balaban J connectivity index is 1.17. The van der Waals surface area contributed by atoms with Crippen molar-refractivity contribution in [3.63, 3.8) is 0 Å². The normalized spacial score (nSPS) is 16.6. The van der Waals surface area contributed by atoms with Gasteiger partial charge in [0.15, 0.2) is 0 Å². The Kier molecular flexibility index (Phi) is 8.39. The van der Waals surface area contributed by atoms with Crippen molar-refractivity contribution in [3.8, 4) is 11.1 Å². The van der Waals surface area contributed by atoms with Crippen LogP contribution in [0.4, 0.5) is 17.1 Å². The lowest BCUT2D eigenvalue weighted by atomic mass is 9.65. The highest BCUT2D eigenvalue weighted by Crippen LogP contribution is 2.46. The van der Waals surface area contributed by atoms with Gasteiger partial charge >= 0.3 is 0 Å². The molecule has 8 rings (SSSR count). The predicted molar refractivity (Wildman–Crippen MR) is 200 cm³/mol. The lowest BCUT2D eigenvalue weighted by Crippen LogP contribution is -2.30. The van der Waals surface area contributed by atoms with E-state index in [1.165, 1.54) is 120 Å². The van der Waals surface area contributed by atoms with Gasteiger partial charge in [-0.3, -0.25) is 0 Å². The fraction of sp³-hybridized carbons (Fsp3) is 0.261. The van der Waals surface area contributed by atoms with E-state index in [1.807, 2.05) is 0 Å². The summed E-state index contributed by atoms with van der Waals surface area (Å²) in [7, 11) is 0. The molecule has 0 atom stereocenters. The minimum Gasteiger partial charge on any atom is -0.311 e. The van der Waals surface area contributed by atoms with Gasteiger partial charge in [0.25, 0.3) is 0 Å². The van der Waals surface area contributed by atoms with Crippen molar-refractivity contribution >= 4 is 27.8 Å². The summed E-state index contributed by atoms with van der Waals surface area (Å²) in [5.74, 6) is 0.704. The summed E-state index contributed by atoms with van der Waals surface area (Å²) < 4.78 is 0. The number of hydrogen-bond acceptors (Lipinski definition) is 1. The maximum Gasteiger partial charge on any atom is 0.0462 e. The Morgan fingerprint density at radius 1 is 0.447 bits per heavy atom. The highest BCUT2D eigenvalue weighted by atomic mass is 15.1. The van der Waals surface area contributed by atoms with Gasteiger partial charge in [0.05, 0.1) is 0 Å². The van der Waals surface area contributed by atoms with Crippen LogP contribution in [0.15, 0.2) is 146 Å². The fourth-order valence-electron chi connectivity index (χ4n) is 8.63. The monoisotopic (exact) mass is 611 g/mol. The van der Waals surface area contributed by atoms with E-state index in [0.717, 1.165) is 0 Å². The summed E-state index contributed by atoms with van der Waals surface area (Å²) in [6.07, 6.45) is 13.1. The lowest BCUT2D eigenvalue weighted by Gasteiger charge is -2.39. The van der Waals surface area contributed by atoms with Crippen LogP contribution in [0.1, 0.15) is 86.8 Å². The van der Waals surface area contributed by atoms with E-state index in [2.05, 4.69) is 150 Å². The van der Waals surface area contributed by atoms with Crippen LogP contribution in [0, 0.1) is 0 Å². The number of hydrogen-bond donors (Lipinski definition) is 0. The van der Waals surface area contributed by atoms with Gasteiger partial charge in [-0.25, -0.2) is 0 Å². The minimum absolute atomic E-state index is 0.102. The summed E-state index contributed by atoms with van der Waals surface area (Å²) in [5, 5.41) is 2.57. The van der Waals surface area contributed by atoms with Crippen molar-refractivity contribution in [2.24, 2.45) is 0 Å². The van der Waals surface area contributed by atoms with Gasteiger partial charge < -0.3 is 4.90 Å². The van der Waals surface area contributed by atoms with E-state index in [9.17, 15) is 0 Å². The number of fused-ring (bicyclic) bond motifs is 1. The van der Waals surface area contributed by atoms with Crippen LogP contribution in [0.5, 0.6) is 0 Å². The molecule has 6 aromatic carbocycles. The summed E-state index contributed by atoms with van der Waals surface area (Å²) in [6, 6.07) is 54.8. The molecular weight excluding hydrogens is 567 g/mol. The van der Waals surface area contributed by atoms with Crippen LogP contribution in [0.3, 0.4) is 0 Å². The third-order valence-electron chi connectivity index (χ3n) is 11.2. The van der Waals surface area contributed by atoms with Crippen molar-refractivity contribution in [2.75, 3.05) is 4.90 Å². The first-order valence-corrected chi connectivity index (χ1v) is 17.9. The highest BCUT2D eigenvalue weighted by molar-refractivity contribution is 5.97. The van der Waals surface area contributed by atoms with Gasteiger partial charge in [0, 0.05) is 22.5 Å². The van der Waals surface area contributed by atoms with E-state index in [-0.39, 0.29) is 5.41 Å². The molecule has 0 saturated heterocycles. The Morgan fingerprint density at radius 3 is 1.70 bits per heavy atom. The summed E-state index contributed by atoms with van der Waals surface area (Å²) in [6.45, 7) is 0. The molecule has 0 unspecified atom stereocenters. The van der Waals surface area contributed by atoms with Crippen LogP contribution in [0.2, 0.25) is 0 Å². The molecule has 0 aliphatic heterocycles. The Labute approximate surface area is 280 Å². The fourth-order valence-corrected chi connectivity index (χ4v) is 8.63. The minimum atomic E-state index is 0.102. The van der Waals surface area contributed by atoms with Gasteiger partial charge in [-0.05, 0) is 107 Å². The van der Waals surface area contributed by atoms with Crippen molar-refractivity contribution in [1.29, 1.82) is 0 Å². The highest BCUT2D eigenvalue weighted by Gasteiger charge is 2.35. The molecule has 0 N–H and O–H groups in total. The first-order chi connectivity index (χ1) is 23.3. The molecule has 0 spiro atoms. The summed E-state index contributed by atoms with van der Waals surface area (Å²) >= 11 is 0. The summed E-state index contributed by atoms with van der Waals surface area (Å²) in [5.41, 5.74) is 10.6. The molecule has 1 nitrogen and oxygen atoms in total. The predicted octanol–water partition coefficient (Wildman–Crippen LogP) is 13.3. The van der Waals surface area contributed by atoms with Gasteiger partial charge in [-0.2, -0.15) is 0 Å². The van der Waals surface area contributed by atoms with Gasteiger partial charge in [-0.1, -0.05) is 148 Å². The molecule has 234 valence electrons. The second-order valence-electron chi connectivity index (χ2n) is 13.9. The number of benzene rings is 6. The molecule has 1 heteroatoms. The van der Waals surface area contributed by atoms with Crippen LogP contribution >= 0.6 is 0 Å². The zero-order valence-corrected chi connectivity index (χ0v) is 27.5. The molecule has 0 aromatic heterocycles. The van der Waals surface area contributed by atoms with Gasteiger partial charge in [-0.15, -0.1) is 0 Å². The molecule has 2 aliphatic rings. The number of rotatable bonds is 7. The SMILES string of the molecule is c1ccc(C2(c3ccc(N(c4ccc(-c5cccc6ccccc56)cc4)c4ccc(C5CCCCC5)cc4)cc3)CCCCC2)cc1. The largest absolute Gasteiger partial charge is 0.311 e. The van der Waals surface area contributed by atoms with Crippen molar-refractivity contribution < 1.29 is 0 Å². The number of nitrogens with zero attached hydrogens (tertiary/aromatic N) is 1. The standard InChI is InChI=1S/C46H45N/c1-4-13-35(14-5-1)36-21-27-41(28-22-36)47(42-29-23-38(24-30-42)45-20-12-16-37-15-8-9-19-44(37)45)43-31-25-40(26-32-43)46(33-10-3-11-34-46)39-17-6-2-7-18-39/h2,6-9,12,15-32,35H,1,3-5,10-11,13-14,33-34H2. The van der Waals surface area contributed by atoms with Crippen LogP contribution in [0.25, 0.3) is 21.9 Å². The topological polar surface area (TPSA) is 3.24 Å². The van der Waals surface area contributed by atoms with Crippen LogP contribution in [-0.4, -0.2) is 0 Å². The zero-order chi connectivity index (χ0) is 31.5. The molecule has 2 saturated carbocycles. The molecule has 2 fully saturated rings. The smallest absolute Gasteiger partial charge is 0.0462 e. The molecule has 6 aromatic rings. The second kappa shape index (κ2) is 13.2. The Morgan fingerprint density at radius 2 is 1.00 bits per heavy atom. The van der Waals surface area contributed by atoms with Gasteiger partial charge in [0.2, 0.25) is 0 Å². The quantitative estimate of drug-likeness (QED) is 0.174. The third-order valence-corrected chi connectivity index (χ3v) is 11.2. The average molecular weight is 612 g/mol. The van der Waals surface area contributed by atoms with E-state index in [1.54, 1.807) is 0 Å². The molecule has 0 amide bonds. The van der Waals surface area contributed by atoms with Gasteiger partial charge in [0.1, 0.15) is 0 Å². The van der Waals surface area contributed by atoms with Crippen molar-refractivity contribution in [3.05, 3.63) is 162 Å². The average Bonchev–Trinajstić information content (AvgIpc) is 3.16. The maximum atomic E-state index is 2.44. The first-order valence-electron chi connectivity index (χ1n) is 17.9. The Bertz CT molecular complexity index is 1900. The summed E-state index contributed by atoms with van der Waals surface area (Å²) in [4.78, 5) is 2.44. The molecule has 47 heavy (non-hydrogen) atoms. The van der Waals surface area contributed by atoms with E-state index in [0.29, 0.717) is 5.92 Å². The molecule has 0 radical (unpaired) electrons. The van der Waals surface area contributed by atoms with E-state index < -0.39 is 0 Å². The van der Waals surface area contributed by atoms with Crippen molar-refractivity contribution in [2.45, 2.75) is 75.5 Å². The molecule has 0 heterocycles. The molecular formula is C46H45N.